The van der Waals surface area contributed by atoms with E-state index in [-0.39, 0.29) is 29.8 Å². The van der Waals surface area contributed by atoms with E-state index in [9.17, 15) is 20.1 Å². The maximum absolute atomic E-state index is 12.4. The molecular weight excluding hydrogens is 356 g/mol. The van der Waals surface area contributed by atoms with Gasteiger partial charge in [-0.2, -0.15) is 0 Å². The van der Waals surface area contributed by atoms with Crippen molar-refractivity contribution in [3.8, 4) is 0 Å². The van der Waals surface area contributed by atoms with Crippen molar-refractivity contribution in [2.24, 2.45) is 23.7 Å². The molecule has 0 fully saturated rings. The molecule has 2 aliphatic rings. The van der Waals surface area contributed by atoms with E-state index in [2.05, 4.69) is 19.1 Å². The van der Waals surface area contributed by atoms with Gasteiger partial charge in [-0.3, -0.25) is 4.79 Å². The summed E-state index contributed by atoms with van der Waals surface area (Å²) in [5.41, 5.74) is 1.03. The summed E-state index contributed by atoms with van der Waals surface area (Å²) in [6.07, 6.45) is 7.71. The van der Waals surface area contributed by atoms with E-state index in [1.54, 1.807) is 0 Å². The van der Waals surface area contributed by atoms with Gasteiger partial charge in [-0.1, -0.05) is 45.9 Å². The molecule has 1 unspecified atom stereocenters. The Kier molecular flexibility index (Phi) is 8.72. The molecule has 0 aromatic carbocycles. The van der Waals surface area contributed by atoms with Crippen LogP contribution >= 0.6 is 0 Å². The SMILES string of the molecule is CCC(C)C(=O)O[C@H]1C[C@H](O)C=C2C=C[C@H](C)[C@H](CC[C@@H](O)C[C@H](O)CC)[C@H]21. The molecular formula is C23H38O5. The Morgan fingerprint density at radius 3 is 2.61 bits per heavy atom. The summed E-state index contributed by atoms with van der Waals surface area (Å²) in [4.78, 5) is 12.4. The van der Waals surface area contributed by atoms with Crippen LogP contribution in [0, 0.1) is 23.7 Å². The van der Waals surface area contributed by atoms with Gasteiger partial charge in [0.05, 0.1) is 24.2 Å². The third kappa shape index (κ3) is 5.91. The smallest absolute Gasteiger partial charge is 0.308 e. The zero-order valence-corrected chi connectivity index (χ0v) is 17.8. The fourth-order valence-corrected chi connectivity index (χ4v) is 4.40. The van der Waals surface area contributed by atoms with Crippen molar-refractivity contribution >= 4 is 5.97 Å². The third-order valence-corrected chi connectivity index (χ3v) is 6.50. The summed E-state index contributed by atoms with van der Waals surface area (Å²) in [5, 5.41) is 30.3. The second-order valence-corrected chi connectivity index (χ2v) is 8.69. The predicted octanol–water partition coefficient (Wildman–Crippen LogP) is 3.38. The topological polar surface area (TPSA) is 87.0 Å². The van der Waals surface area contributed by atoms with Crippen LogP contribution in [-0.2, 0) is 9.53 Å². The first-order valence-electron chi connectivity index (χ1n) is 10.9. The average molecular weight is 395 g/mol. The highest BCUT2D eigenvalue weighted by Gasteiger charge is 2.42. The molecule has 2 aliphatic carbocycles. The third-order valence-electron chi connectivity index (χ3n) is 6.50. The van der Waals surface area contributed by atoms with E-state index in [1.165, 1.54) is 0 Å². The maximum Gasteiger partial charge on any atom is 0.308 e. The van der Waals surface area contributed by atoms with Crippen molar-refractivity contribution in [1.29, 1.82) is 0 Å². The molecule has 0 heterocycles. The Labute approximate surface area is 169 Å². The number of carbonyl (C=O) groups excluding carboxylic acids is 1. The summed E-state index contributed by atoms with van der Waals surface area (Å²) in [5.74, 6) is 0.212. The van der Waals surface area contributed by atoms with Crippen LogP contribution in [0.25, 0.3) is 0 Å². The Morgan fingerprint density at radius 2 is 1.96 bits per heavy atom. The lowest BCUT2D eigenvalue weighted by atomic mass is 9.66. The molecule has 0 radical (unpaired) electrons. The van der Waals surface area contributed by atoms with E-state index in [0.717, 1.165) is 18.4 Å². The Bertz CT molecular complexity index is 569. The van der Waals surface area contributed by atoms with Crippen LogP contribution < -0.4 is 0 Å². The molecule has 0 aromatic heterocycles. The monoisotopic (exact) mass is 394 g/mol. The Morgan fingerprint density at radius 1 is 1.25 bits per heavy atom. The van der Waals surface area contributed by atoms with Crippen molar-refractivity contribution in [3.63, 3.8) is 0 Å². The average Bonchev–Trinajstić information content (AvgIpc) is 2.66. The van der Waals surface area contributed by atoms with Gasteiger partial charge in [-0.05, 0) is 49.5 Å². The molecule has 0 amide bonds. The largest absolute Gasteiger partial charge is 0.461 e. The number of carbonyl (C=O) groups is 1. The summed E-state index contributed by atoms with van der Waals surface area (Å²) in [7, 11) is 0. The first-order chi connectivity index (χ1) is 13.3. The molecule has 5 nitrogen and oxygen atoms in total. The molecule has 2 rings (SSSR count). The number of allylic oxidation sites excluding steroid dienone is 2. The summed E-state index contributed by atoms with van der Waals surface area (Å²) in [6, 6.07) is 0. The number of aliphatic hydroxyl groups excluding tert-OH is 3. The number of hydrogen-bond donors (Lipinski definition) is 3. The summed E-state index contributed by atoms with van der Waals surface area (Å²) in [6.45, 7) is 7.90. The minimum atomic E-state index is -0.606. The molecule has 0 saturated carbocycles. The van der Waals surface area contributed by atoms with E-state index < -0.39 is 18.3 Å². The van der Waals surface area contributed by atoms with Gasteiger partial charge in [-0.15, -0.1) is 0 Å². The maximum atomic E-state index is 12.4. The number of aliphatic hydroxyl groups is 3. The Hall–Kier alpha value is -1.17. The van der Waals surface area contributed by atoms with Gasteiger partial charge in [0.2, 0.25) is 0 Å². The van der Waals surface area contributed by atoms with E-state index >= 15 is 0 Å². The van der Waals surface area contributed by atoms with Crippen molar-refractivity contribution in [3.05, 3.63) is 23.8 Å². The van der Waals surface area contributed by atoms with Gasteiger partial charge in [0.15, 0.2) is 0 Å². The minimum Gasteiger partial charge on any atom is -0.461 e. The highest BCUT2D eigenvalue weighted by Crippen LogP contribution is 2.44. The quantitative estimate of drug-likeness (QED) is 0.522. The van der Waals surface area contributed by atoms with Gasteiger partial charge in [0.1, 0.15) is 6.10 Å². The van der Waals surface area contributed by atoms with Crippen LogP contribution in [0.1, 0.15) is 66.2 Å². The van der Waals surface area contributed by atoms with Crippen molar-refractivity contribution in [2.45, 2.75) is 90.6 Å². The molecule has 0 saturated heterocycles. The van der Waals surface area contributed by atoms with Crippen LogP contribution in [-0.4, -0.2) is 45.7 Å². The van der Waals surface area contributed by atoms with Crippen molar-refractivity contribution < 1.29 is 24.9 Å². The normalized spacial score (nSPS) is 32.8. The highest BCUT2D eigenvalue weighted by atomic mass is 16.5. The zero-order chi connectivity index (χ0) is 20.8. The molecule has 0 spiro atoms. The lowest BCUT2D eigenvalue weighted by Crippen LogP contribution is -2.43. The second-order valence-electron chi connectivity index (χ2n) is 8.69. The zero-order valence-electron chi connectivity index (χ0n) is 17.8. The molecule has 0 bridgehead atoms. The van der Waals surface area contributed by atoms with Crippen LogP contribution in [0.2, 0.25) is 0 Å². The first kappa shape index (κ1) is 23.1. The summed E-state index contributed by atoms with van der Waals surface area (Å²) < 4.78 is 5.88. The fraction of sp³-hybridized carbons (Fsp3) is 0.783. The number of esters is 1. The van der Waals surface area contributed by atoms with Crippen LogP contribution in [0.4, 0.5) is 0 Å². The molecule has 8 atom stereocenters. The number of hydrogen-bond acceptors (Lipinski definition) is 5. The molecule has 0 aromatic rings. The van der Waals surface area contributed by atoms with Crippen LogP contribution in [0.15, 0.2) is 23.8 Å². The second kappa shape index (κ2) is 10.6. The number of fused-ring (bicyclic) bond motifs is 1. The number of ether oxygens (including phenoxy) is 1. The predicted molar refractivity (Wildman–Crippen MR) is 109 cm³/mol. The van der Waals surface area contributed by atoms with Gasteiger partial charge in [-0.25, -0.2) is 0 Å². The lowest BCUT2D eigenvalue weighted by molar-refractivity contribution is -0.159. The Balaban J connectivity index is 2.13. The van der Waals surface area contributed by atoms with Crippen molar-refractivity contribution in [1.82, 2.24) is 0 Å². The molecule has 28 heavy (non-hydrogen) atoms. The van der Waals surface area contributed by atoms with Gasteiger partial charge in [0, 0.05) is 12.3 Å². The molecule has 3 N–H and O–H groups in total. The minimum absolute atomic E-state index is 0.0414. The van der Waals surface area contributed by atoms with Crippen molar-refractivity contribution in [2.75, 3.05) is 0 Å². The molecule has 0 aliphatic heterocycles. The van der Waals surface area contributed by atoms with E-state index in [4.69, 9.17) is 4.74 Å². The molecule has 160 valence electrons. The van der Waals surface area contributed by atoms with Gasteiger partial charge >= 0.3 is 5.97 Å². The first-order valence-corrected chi connectivity index (χ1v) is 10.9. The van der Waals surface area contributed by atoms with Gasteiger partial charge in [0.25, 0.3) is 0 Å². The number of rotatable bonds is 9. The highest BCUT2D eigenvalue weighted by molar-refractivity contribution is 5.72. The summed E-state index contributed by atoms with van der Waals surface area (Å²) >= 11 is 0. The standard InChI is InChI=1S/C23H38O5/c1-5-14(3)23(27)28-21-13-19(26)11-16-8-7-15(4)20(22(16)21)10-9-18(25)12-17(24)6-2/h7-8,11,14-15,17-22,24-26H,5-6,9-10,12-13H2,1-4H3/t14?,15-,17+,18+,19+,20-,21-,22-/m0/s1. The fourth-order valence-electron chi connectivity index (χ4n) is 4.40. The van der Waals surface area contributed by atoms with Crippen LogP contribution in [0.5, 0.6) is 0 Å². The van der Waals surface area contributed by atoms with E-state index in [1.807, 2.05) is 26.8 Å². The molecule has 5 heteroatoms. The van der Waals surface area contributed by atoms with Crippen LogP contribution in [0.3, 0.4) is 0 Å². The van der Waals surface area contributed by atoms with E-state index in [0.29, 0.717) is 31.6 Å². The lowest BCUT2D eigenvalue weighted by Gasteiger charge is -2.43. The van der Waals surface area contributed by atoms with Gasteiger partial charge < -0.3 is 20.1 Å².